The van der Waals surface area contributed by atoms with E-state index < -0.39 is 10.1 Å². The van der Waals surface area contributed by atoms with E-state index in [1.165, 1.54) is 19.4 Å². The second kappa shape index (κ2) is 9.76. The maximum atomic E-state index is 11.9. The summed E-state index contributed by atoms with van der Waals surface area (Å²) in [4.78, 5) is 3.98. The van der Waals surface area contributed by atoms with E-state index in [0.717, 1.165) is 11.1 Å². The van der Waals surface area contributed by atoms with Crippen LogP contribution in [-0.4, -0.2) is 54.6 Å². The summed E-state index contributed by atoms with van der Waals surface area (Å²) < 4.78 is 38.7. The number of azo groups is 1. The van der Waals surface area contributed by atoms with E-state index in [9.17, 15) is 13.0 Å². The fourth-order valence-electron chi connectivity index (χ4n) is 3.24. The quantitative estimate of drug-likeness (QED) is 0.196. The molecule has 32 heavy (non-hydrogen) atoms. The van der Waals surface area contributed by atoms with Gasteiger partial charge in [-0.1, -0.05) is 54.6 Å². The minimum absolute atomic E-state index is 0. The van der Waals surface area contributed by atoms with Gasteiger partial charge in [-0.15, -0.1) is 10.2 Å². The molecule has 0 atom stereocenters. The normalized spacial score (nSPS) is 11.4. The van der Waals surface area contributed by atoms with Gasteiger partial charge in [0.1, 0.15) is 16.3 Å². The second-order valence-corrected chi connectivity index (χ2v) is 8.03. The van der Waals surface area contributed by atoms with Crippen molar-refractivity contribution in [3.8, 4) is 17.0 Å². The van der Waals surface area contributed by atoms with Crippen LogP contribution in [0.4, 0.5) is 17.1 Å². The van der Waals surface area contributed by atoms with E-state index >= 15 is 0 Å². The fraction of sp³-hybridized carbons (Fsp3) is 0.0455. The average molecular weight is 458 g/mol. The molecule has 1 aromatic heterocycles. The third kappa shape index (κ3) is 4.82. The average Bonchev–Trinajstić information content (AvgIpc) is 2.78. The molecule has 8 nitrogen and oxygen atoms in total. The fourth-order valence-corrected chi connectivity index (χ4v) is 3.96. The number of methoxy groups -OCH3 is 1. The molecule has 0 amide bonds. The Kier molecular flexibility index (Phi) is 7.27. The number of hydrogen-bond donors (Lipinski definition) is 2. The number of nitrogens with zero attached hydrogens (tertiary/aromatic N) is 3. The summed E-state index contributed by atoms with van der Waals surface area (Å²) >= 11 is 0. The SMILES string of the molecule is COc1ncc(/N=N/c2cc(S(=O)(=O)O)c3ccccc3c2N)cc1-c1ccccc1.[NaH]. The van der Waals surface area contributed by atoms with Crippen LogP contribution in [0.2, 0.25) is 0 Å². The zero-order chi connectivity index (χ0) is 22.0. The van der Waals surface area contributed by atoms with Crippen molar-refractivity contribution < 1.29 is 17.7 Å². The molecule has 0 unspecified atom stereocenters. The standard InChI is InChI=1S/C22H18N4O4S.Na.H/c1-30-22-18(14-7-3-2-4-8-14)11-15(13-24-22)25-26-19-12-20(31(27,28)29)16-9-5-6-10-17(16)21(19)23;;/h2-13H,23H2,1H3,(H,27,28,29);;/b26-25+;;. The molecular formula is C22H19N4NaO4S. The van der Waals surface area contributed by atoms with Crippen LogP contribution >= 0.6 is 0 Å². The van der Waals surface area contributed by atoms with Crippen LogP contribution in [0.25, 0.3) is 21.9 Å². The van der Waals surface area contributed by atoms with E-state index in [1.807, 2.05) is 30.3 Å². The Labute approximate surface area is 207 Å². The summed E-state index contributed by atoms with van der Waals surface area (Å²) in [5.41, 5.74) is 8.59. The van der Waals surface area contributed by atoms with Gasteiger partial charge in [-0.3, -0.25) is 4.55 Å². The van der Waals surface area contributed by atoms with Gasteiger partial charge in [-0.25, -0.2) is 4.98 Å². The first-order valence-corrected chi connectivity index (χ1v) is 10.6. The van der Waals surface area contributed by atoms with Crippen LogP contribution in [-0.2, 0) is 10.1 Å². The van der Waals surface area contributed by atoms with Crippen molar-refractivity contribution in [3.63, 3.8) is 0 Å². The number of hydrogen-bond acceptors (Lipinski definition) is 7. The Morgan fingerprint density at radius 2 is 1.62 bits per heavy atom. The molecule has 3 N–H and O–H groups in total. The van der Waals surface area contributed by atoms with Crippen molar-refractivity contribution in [2.45, 2.75) is 4.90 Å². The molecular weight excluding hydrogens is 439 g/mol. The van der Waals surface area contributed by atoms with E-state index in [-0.39, 0.29) is 45.8 Å². The number of fused-ring (bicyclic) bond motifs is 1. The molecule has 0 aliphatic heterocycles. The first-order chi connectivity index (χ1) is 14.9. The molecule has 0 bridgehead atoms. The van der Waals surface area contributed by atoms with Crippen LogP contribution in [0.3, 0.4) is 0 Å². The van der Waals surface area contributed by atoms with Crippen LogP contribution in [0.1, 0.15) is 0 Å². The zero-order valence-electron chi connectivity index (χ0n) is 16.4. The predicted molar refractivity (Wildman–Crippen MR) is 126 cm³/mol. The molecule has 1 heterocycles. The van der Waals surface area contributed by atoms with Crippen LogP contribution < -0.4 is 10.5 Å². The number of nitrogen functional groups attached to an aromatic ring is 1. The number of nitrogens with two attached hydrogens (primary N) is 1. The topological polar surface area (TPSA) is 127 Å². The van der Waals surface area contributed by atoms with Crippen molar-refractivity contribution in [1.82, 2.24) is 4.98 Å². The summed E-state index contributed by atoms with van der Waals surface area (Å²) in [5, 5.41) is 9.07. The van der Waals surface area contributed by atoms with Gasteiger partial charge in [-0.05, 0) is 17.7 Å². The van der Waals surface area contributed by atoms with Gasteiger partial charge < -0.3 is 10.5 Å². The summed E-state index contributed by atoms with van der Waals surface area (Å²) in [6.45, 7) is 0. The van der Waals surface area contributed by atoms with Crippen molar-refractivity contribution >= 4 is 67.5 Å². The summed E-state index contributed by atoms with van der Waals surface area (Å²) in [5.74, 6) is 0.434. The number of benzene rings is 3. The molecule has 4 rings (SSSR count). The van der Waals surface area contributed by atoms with E-state index in [4.69, 9.17) is 10.5 Å². The Morgan fingerprint density at radius 1 is 0.969 bits per heavy atom. The van der Waals surface area contributed by atoms with Crippen molar-refractivity contribution in [3.05, 3.63) is 72.9 Å². The summed E-state index contributed by atoms with van der Waals surface area (Å²) in [7, 11) is -2.96. The Bertz CT molecular complexity index is 1410. The van der Waals surface area contributed by atoms with E-state index in [0.29, 0.717) is 22.3 Å². The molecule has 0 saturated carbocycles. The van der Waals surface area contributed by atoms with Crippen molar-refractivity contribution in [2.75, 3.05) is 12.8 Å². The molecule has 0 radical (unpaired) electrons. The summed E-state index contributed by atoms with van der Waals surface area (Å²) in [6, 6.07) is 19.1. The molecule has 0 aliphatic carbocycles. The van der Waals surface area contributed by atoms with Gasteiger partial charge in [0.25, 0.3) is 10.1 Å². The Balaban J connectivity index is 0.00000289. The number of ether oxygens (including phenoxy) is 1. The minimum atomic E-state index is -4.49. The van der Waals surface area contributed by atoms with Crippen molar-refractivity contribution in [1.29, 1.82) is 0 Å². The number of pyridine rings is 1. The monoisotopic (exact) mass is 458 g/mol. The second-order valence-electron chi connectivity index (χ2n) is 6.64. The van der Waals surface area contributed by atoms with Gasteiger partial charge in [0.15, 0.2) is 0 Å². The van der Waals surface area contributed by atoms with Gasteiger partial charge in [-0.2, -0.15) is 8.42 Å². The number of anilines is 1. The molecule has 4 aromatic rings. The maximum absolute atomic E-state index is 11.9. The predicted octanol–water partition coefficient (Wildman–Crippen LogP) is 4.51. The third-order valence-electron chi connectivity index (χ3n) is 4.69. The first-order valence-electron chi connectivity index (χ1n) is 9.18. The molecule has 3 aromatic carbocycles. The Hall–Kier alpha value is -2.82. The van der Waals surface area contributed by atoms with Gasteiger partial charge in [0.2, 0.25) is 5.88 Å². The van der Waals surface area contributed by atoms with Gasteiger partial charge in [0, 0.05) is 16.3 Å². The van der Waals surface area contributed by atoms with Crippen LogP contribution in [0.5, 0.6) is 5.88 Å². The van der Waals surface area contributed by atoms with E-state index in [1.54, 1.807) is 30.3 Å². The Morgan fingerprint density at radius 3 is 2.28 bits per heavy atom. The third-order valence-corrected chi connectivity index (χ3v) is 5.59. The van der Waals surface area contributed by atoms with Crippen molar-refractivity contribution in [2.24, 2.45) is 10.2 Å². The van der Waals surface area contributed by atoms with Crippen LogP contribution in [0, 0.1) is 0 Å². The molecule has 0 saturated heterocycles. The molecule has 10 heteroatoms. The summed E-state index contributed by atoms with van der Waals surface area (Å²) in [6.07, 6.45) is 1.48. The molecule has 0 fully saturated rings. The van der Waals surface area contributed by atoms with Crippen LogP contribution in [0.15, 0.2) is 88.1 Å². The molecule has 0 aliphatic rings. The molecule has 0 spiro atoms. The van der Waals surface area contributed by atoms with Gasteiger partial charge in [0.05, 0.1) is 19.0 Å². The first kappa shape index (κ1) is 23.8. The number of aromatic nitrogens is 1. The number of rotatable bonds is 5. The van der Waals surface area contributed by atoms with Gasteiger partial charge >= 0.3 is 29.6 Å². The van der Waals surface area contributed by atoms with E-state index in [2.05, 4.69) is 15.2 Å². The zero-order valence-corrected chi connectivity index (χ0v) is 17.2. The molecule has 158 valence electrons.